The molecule has 0 aliphatic rings. The number of hydrogen-bond acceptors (Lipinski definition) is 7. The summed E-state index contributed by atoms with van der Waals surface area (Å²) >= 11 is 1.61. The number of hydrogen-bond donors (Lipinski definition) is 1. The van der Waals surface area contributed by atoms with E-state index >= 15 is 0 Å². The highest BCUT2D eigenvalue weighted by atomic mass is 32.1. The number of nitrogens with zero attached hydrogens (tertiary/aromatic N) is 4. The van der Waals surface area contributed by atoms with E-state index in [1.165, 1.54) is 0 Å². The van der Waals surface area contributed by atoms with Crippen molar-refractivity contribution in [1.29, 1.82) is 0 Å². The van der Waals surface area contributed by atoms with Gasteiger partial charge in [-0.2, -0.15) is 4.98 Å². The molecule has 0 fully saturated rings. The first-order valence-electron chi connectivity index (χ1n) is 6.60. The molecule has 0 unspecified atom stereocenters. The Hall–Kier alpha value is -2.12. The largest absolute Gasteiger partial charge is 0.332 e. The van der Waals surface area contributed by atoms with E-state index in [0.29, 0.717) is 18.3 Å². The van der Waals surface area contributed by atoms with E-state index in [1.807, 2.05) is 19.9 Å². The third kappa shape index (κ3) is 2.84. The van der Waals surface area contributed by atoms with E-state index in [4.69, 9.17) is 10.3 Å². The Kier molecular flexibility index (Phi) is 3.76. The van der Waals surface area contributed by atoms with Crippen LogP contribution in [-0.2, 0) is 6.42 Å². The number of aryl methyl sites for hydroxylation is 2. The Morgan fingerprint density at radius 3 is 2.86 bits per heavy atom. The summed E-state index contributed by atoms with van der Waals surface area (Å²) in [6.45, 7) is 4.54. The molecule has 0 bridgehead atoms. The quantitative estimate of drug-likeness (QED) is 0.795. The lowest BCUT2D eigenvalue weighted by molar-refractivity contribution is 0.431. The van der Waals surface area contributed by atoms with Crippen molar-refractivity contribution in [1.82, 2.24) is 20.1 Å². The summed E-state index contributed by atoms with van der Waals surface area (Å²) in [4.78, 5) is 14.1. The van der Waals surface area contributed by atoms with Crippen LogP contribution in [0.4, 0.5) is 0 Å². The Balaban J connectivity index is 1.95. The fraction of sp³-hybridized carbons (Fsp3) is 0.286. The maximum atomic E-state index is 5.56. The lowest BCUT2D eigenvalue weighted by Gasteiger charge is -1.94. The van der Waals surface area contributed by atoms with Crippen LogP contribution in [0.3, 0.4) is 0 Å². The van der Waals surface area contributed by atoms with Crippen LogP contribution in [0.2, 0.25) is 0 Å². The van der Waals surface area contributed by atoms with E-state index < -0.39 is 0 Å². The minimum Gasteiger partial charge on any atom is -0.332 e. The molecule has 6 nitrogen and oxygen atoms in total. The van der Waals surface area contributed by atoms with E-state index in [2.05, 4.69) is 20.1 Å². The molecule has 0 atom stereocenters. The van der Waals surface area contributed by atoms with Gasteiger partial charge in [0, 0.05) is 29.3 Å². The normalized spacial score (nSPS) is 11.0. The molecule has 3 aromatic rings. The van der Waals surface area contributed by atoms with Gasteiger partial charge in [0.25, 0.3) is 5.89 Å². The van der Waals surface area contributed by atoms with Gasteiger partial charge in [-0.05, 0) is 32.0 Å². The van der Waals surface area contributed by atoms with Gasteiger partial charge in [-0.1, -0.05) is 5.16 Å². The molecule has 0 aliphatic carbocycles. The molecule has 0 spiro atoms. The molecular weight excluding hydrogens is 286 g/mol. The van der Waals surface area contributed by atoms with Gasteiger partial charge in [-0.25, -0.2) is 4.98 Å². The van der Waals surface area contributed by atoms with Gasteiger partial charge >= 0.3 is 0 Å². The molecule has 108 valence electrons. The molecule has 7 heteroatoms. The van der Waals surface area contributed by atoms with Crippen LogP contribution in [0, 0.1) is 13.8 Å². The monoisotopic (exact) mass is 301 g/mol. The van der Waals surface area contributed by atoms with Crippen molar-refractivity contribution in [2.45, 2.75) is 20.3 Å². The second-order valence-corrected chi connectivity index (χ2v) is 6.01. The number of thiazole rings is 1. The first-order chi connectivity index (χ1) is 10.2. The maximum Gasteiger partial charge on any atom is 0.277 e. The summed E-state index contributed by atoms with van der Waals surface area (Å²) in [7, 11) is 0. The average molecular weight is 301 g/mol. The van der Waals surface area contributed by atoms with Crippen molar-refractivity contribution in [3.05, 3.63) is 33.9 Å². The second kappa shape index (κ2) is 5.71. The Morgan fingerprint density at radius 1 is 1.24 bits per heavy atom. The summed E-state index contributed by atoms with van der Waals surface area (Å²) < 4.78 is 5.34. The van der Waals surface area contributed by atoms with Gasteiger partial charge in [0.1, 0.15) is 5.69 Å². The Bertz CT molecular complexity index is 764. The second-order valence-electron chi connectivity index (χ2n) is 4.73. The van der Waals surface area contributed by atoms with Crippen LogP contribution < -0.4 is 5.73 Å². The van der Waals surface area contributed by atoms with E-state index in [1.54, 1.807) is 23.7 Å². The molecule has 3 heterocycles. The van der Waals surface area contributed by atoms with Crippen molar-refractivity contribution in [3.63, 3.8) is 0 Å². The molecular formula is C14H15N5OS. The van der Waals surface area contributed by atoms with Crippen LogP contribution >= 0.6 is 11.3 Å². The zero-order valence-corrected chi connectivity index (χ0v) is 12.6. The van der Waals surface area contributed by atoms with Crippen LogP contribution in [0.15, 0.2) is 23.0 Å². The van der Waals surface area contributed by atoms with E-state index in [9.17, 15) is 0 Å². The van der Waals surface area contributed by atoms with Crippen molar-refractivity contribution in [2.75, 3.05) is 6.54 Å². The molecule has 0 amide bonds. The van der Waals surface area contributed by atoms with Crippen molar-refractivity contribution < 1.29 is 4.52 Å². The molecule has 0 aromatic carbocycles. The van der Waals surface area contributed by atoms with Gasteiger partial charge in [0.15, 0.2) is 0 Å². The van der Waals surface area contributed by atoms with Crippen LogP contribution in [0.1, 0.15) is 15.4 Å². The lowest BCUT2D eigenvalue weighted by atomic mass is 10.2. The van der Waals surface area contributed by atoms with Crippen LogP contribution in [0.25, 0.3) is 23.0 Å². The highest BCUT2D eigenvalue weighted by molar-refractivity contribution is 7.12. The summed E-state index contributed by atoms with van der Waals surface area (Å²) in [5.74, 6) is 0.956. The highest BCUT2D eigenvalue weighted by Crippen LogP contribution is 2.28. The van der Waals surface area contributed by atoms with E-state index in [-0.39, 0.29) is 0 Å². The van der Waals surface area contributed by atoms with E-state index in [0.717, 1.165) is 33.1 Å². The molecule has 3 aromatic heterocycles. The van der Waals surface area contributed by atoms with Gasteiger partial charge in [0.05, 0.1) is 5.01 Å². The van der Waals surface area contributed by atoms with Gasteiger partial charge in [0.2, 0.25) is 5.82 Å². The third-order valence-corrected chi connectivity index (χ3v) is 3.99. The molecule has 3 rings (SSSR count). The van der Waals surface area contributed by atoms with Crippen molar-refractivity contribution in [2.24, 2.45) is 5.73 Å². The summed E-state index contributed by atoms with van der Waals surface area (Å²) in [6, 6.07) is 1.97. The Labute approximate surface area is 126 Å². The minimum absolute atomic E-state index is 0.434. The summed E-state index contributed by atoms with van der Waals surface area (Å²) in [5, 5.41) is 5.00. The lowest BCUT2D eigenvalue weighted by Crippen LogP contribution is -2.01. The summed E-state index contributed by atoms with van der Waals surface area (Å²) in [6.07, 6.45) is 4.26. The zero-order chi connectivity index (χ0) is 14.8. The smallest absolute Gasteiger partial charge is 0.277 e. The molecule has 21 heavy (non-hydrogen) atoms. The molecule has 0 radical (unpaired) electrons. The molecule has 0 saturated carbocycles. The predicted molar refractivity (Wildman–Crippen MR) is 80.9 cm³/mol. The SMILES string of the molecule is Cc1cncc(-c2noc(-c3nc(CCN)sc3C)n2)c1. The molecule has 2 N–H and O–H groups in total. The first kappa shape index (κ1) is 13.8. The zero-order valence-electron chi connectivity index (χ0n) is 11.8. The topological polar surface area (TPSA) is 90.7 Å². The average Bonchev–Trinajstić information content (AvgIpc) is 3.06. The Morgan fingerprint density at radius 2 is 2.10 bits per heavy atom. The van der Waals surface area contributed by atoms with Gasteiger partial charge < -0.3 is 10.3 Å². The van der Waals surface area contributed by atoms with Gasteiger partial charge in [-0.15, -0.1) is 11.3 Å². The van der Waals surface area contributed by atoms with Gasteiger partial charge in [-0.3, -0.25) is 4.98 Å². The standard InChI is InChI=1S/C14H15N5OS/c1-8-5-10(7-16-6-8)13-18-14(20-19-13)12-9(2)21-11(17-12)3-4-15/h5-7H,3-4,15H2,1-2H3. The first-order valence-corrected chi connectivity index (χ1v) is 7.41. The highest BCUT2D eigenvalue weighted by Gasteiger charge is 2.17. The number of pyridine rings is 1. The third-order valence-electron chi connectivity index (χ3n) is 2.96. The number of aromatic nitrogens is 4. The fourth-order valence-corrected chi connectivity index (χ4v) is 2.93. The fourth-order valence-electron chi connectivity index (χ4n) is 1.99. The number of rotatable bonds is 4. The molecule has 0 aliphatic heterocycles. The minimum atomic E-state index is 0.434. The van der Waals surface area contributed by atoms with Crippen molar-refractivity contribution >= 4 is 11.3 Å². The molecule has 0 saturated heterocycles. The van der Waals surface area contributed by atoms with Crippen LogP contribution in [-0.4, -0.2) is 26.7 Å². The summed E-state index contributed by atoms with van der Waals surface area (Å²) in [5.41, 5.74) is 8.18. The number of nitrogens with two attached hydrogens (primary N) is 1. The van der Waals surface area contributed by atoms with Crippen LogP contribution in [0.5, 0.6) is 0 Å². The maximum absolute atomic E-state index is 5.56. The van der Waals surface area contributed by atoms with Crippen molar-refractivity contribution in [3.8, 4) is 23.0 Å². The predicted octanol–water partition coefficient (Wildman–Crippen LogP) is 2.37.